The normalized spacial score (nSPS) is 11.5. The summed E-state index contributed by atoms with van der Waals surface area (Å²) in [6.45, 7) is -0.419. The van der Waals surface area contributed by atoms with E-state index < -0.39 is 45.2 Å². The Balaban J connectivity index is 1.78. The molecule has 15 heteroatoms. The van der Waals surface area contributed by atoms with Gasteiger partial charge in [0.1, 0.15) is 0 Å². The monoisotopic (exact) mass is 595 g/mol. The second kappa shape index (κ2) is 18.5. The van der Waals surface area contributed by atoms with Crippen LogP contribution in [0.5, 0.6) is 0 Å². The van der Waals surface area contributed by atoms with E-state index in [1.54, 1.807) is 0 Å². The van der Waals surface area contributed by atoms with Crippen LogP contribution in [0.25, 0.3) is 0 Å². The Hall–Kier alpha value is -3.81. The number of carbonyl (C=O) groups is 3. The topological polar surface area (TPSA) is 175 Å². The zero-order valence-corrected chi connectivity index (χ0v) is 23.7. The highest BCUT2D eigenvalue weighted by atomic mass is 31.2. The Morgan fingerprint density at radius 3 is 1.66 bits per heavy atom. The number of carbonyl (C=O) groups excluding carboxylic acids is 3. The molecule has 0 amide bonds. The summed E-state index contributed by atoms with van der Waals surface area (Å²) >= 11 is 0. The molecule has 0 aliphatic carbocycles. The molecule has 0 aliphatic heterocycles. The van der Waals surface area contributed by atoms with Crippen molar-refractivity contribution in [1.29, 1.82) is 0 Å². The lowest BCUT2D eigenvalue weighted by Crippen LogP contribution is -2.35. The van der Waals surface area contributed by atoms with Crippen LogP contribution in [0.2, 0.25) is 0 Å². The van der Waals surface area contributed by atoms with Crippen LogP contribution in [0.4, 0.5) is 0 Å². The molecule has 0 atom stereocenters. The van der Waals surface area contributed by atoms with Crippen LogP contribution in [0, 0.1) is 0 Å². The molecule has 41 heavy (non-hydrogen) atoms. The van der Waals surface area contributed by atoms with Crippen molar-refractivity contribution < 1.29 is 52.4 Å². The zero-order valence-electron chi connectivity index (χ0n) is 22.8. The van der Waals surface area contributed by atoms with Crippen molar-refractivity contribution in [1.82, 2.24) is 5.06 Å². The maximum atomic E-state index is 13.0. The second-order valence-electron chi connectivity index (χ2n) is 8.34. The number of ether oxygens (including phenoxy) is 2. The van der Waals surface area contributed by atoms with E-state index >= 15 is 0 Å². The molecule has 0 saturated carbocycles. The first-order valence-electron chi connectivity index (χ1n) is 12.6. The number of hydrogen-bond acceptors (Lipinski definition) is 11. The smallest absolute Gasteiger partial charge is 0.435 e. The van der Waals surface area contributed by atoms with Crippen molar-refractivity contribution in [3.63, 3.8) is 0 Å². The number of benzene rings is 2. The van der Waals surface area contributed by atoms with E-state index in [4.69, 9.17) is 20.0 Å². The van der Waals surface area contributed by atoms with Gasteiger partial charge in [-0.2, -0.15) is 14.8 Å². The summed E-state index contributed by atoms with van der Waals surface area (Å²) in [4.78, 5) is 49.0. The number of aryl methyl sites for hydroxylation is 2. The fourth-order valence-corrected chi connectivity index (χ4v) is 3.96. The van der Waals surface area contributed by atoms with Crippen LogP contribution in [-0.4, -0.2) is 49.6 Å². The summed E-state index contributed by atoms with van der Waals surface area (Å²) in [5.41, 5.74) is 7.79. The molecule has 0 unspecified atom stereocenters. The van der Waals surface area contributed by atoms with Crippen molar-refractivity contribution in [2.24, 2.45) is 10.5 Å². The van der Waals surface area contributed by atoms with Gasteiger partial charge in [-0.1, -0.05) is 60.7 Å². The van der Waals surface area contributed by atoms with Crippen molar-refractivity contribution in [3.05, 3.63) is 71.8 Å². The largest absolute Gasteiger partial charge is 0.511 e. The standard InChI is InChI=1S/C26H34N3O11P/c1-21(30)38-29(2)26(27)28-41(33,39-36-19-34-24(31)17-9-15-22-11-5-3-6-12-22)40-37-20-35-25(32)18-10-16-23-13-7-4-8-14-23/h3-8,11-14H,9-10,15-20H2,1-2H3,(H2,27,28,33). The summed E-state index contributed by atoms with van der Waals surface area (Å²) in [6, 6.07) is 19.2. The molecule has 0 fully saturated rings. The average molecular weight is 596 g/mol. The molecular formula is C26H34N3O11P. The lowest BCUT2D eigenvalue weighted by atomic mass is 10.1. The fraction of sp³-hybridized carbons (Fsp3) is 0.385. The molecule has 2 aromatic carbocycles. The van der Waals surface area contributed by atoms with Gasteiger partial charge in [-0.25, -0.2) is 4.57 Å². The Kier molecular flexibility index (Phi) is 15.1. The van der Waals surface area contributed by atoms with E-state index in [0.717, 1.165) is 18.1 Å². The summed E-state index contributed by atoms with van der Waals surface area (Å²) in [7, 11) is -3.52. The minimum atomic E-state index is -4.71. The van der Waals surface area contributed by atoms with Gasteiger partial charge in [0.2, 0.25) is 19.5 Å². The molecule has 0 saturated heterocycles. The van der Waals surface area contributed by atoms with Crippen molar-refractivity contribution in [3.8, 4) is 0 Å². The molecule has 2 rings (SSSR count). The maximum Gasteiger partial charge on any atom is 0.511 e. The Labute approximate surface area is 237 Å². The lowest BCUT2D eigenvalue weighted by Gasteiger charge is -2.17. The number of rotatable bonds is 17. The number of hydrogen-bond donors (Lipinski definition) is 1. The summed E-state index contributed by atoms with van der Waals surface area (Å²) in [6.07, 6.45) is 2.63. The highest BCUT2D eigenvalue weighted by Crippen LogP contribution is 2.50. The predicted octanol–water partition coefficient (Wildman–Crippen LogP) is 3.76. The molecule has 14 nitrogen and oxygen atoms in total. The van der Waals surface area contributed by atoms with Crippen molar-refractivity contribution in [2.75, 3.05) is 20.6 Å². The number of guanidine groups is 1. The molecule has 0 aliphatic rings. The van der Waals surface area contributed by atoms with Crippen LogP contribution in [0.1, 0.15) is 43.7 Å². The van der Waals surface area contributed by atoms with Gasteiger partial charge in [-0.3, -0.25) is 14.4 Å². The lowest BCUT2D eigenvalue weighted by molar-refractivity contribution is -0.308. The molecule has 0 aromatic heterocycles. The van der Waals surface area contributed by atoms with E-state index in [9.17, 15) is 18.9 Å². The predicted molar refractivity (Wildman–Crippen MR) is 144 cm³/mol. The third-order valence-electron chi connectivity index (χ3n) is 5.02. The van der Waals surface area contributed by atoms with E-state index in [-0.39, 0.29) is 12.8 Å². The Morgan fingerprint density at radius 2 is 1.24 bits per heavy atom. The first-order chi connectivity index (χ1) is 19.7. The number of hydroxylamine groups is 2. The number of nitrogens with zero attached hydrogens (tertiary/aromatic N) is 2. The van der Waals surface area contributed by atoms with Gasteiger partial charge < -0.3 is 20.0 Å². The molecule has 0 spiro atoms. The van der Waals surface area contributed by atoms with Gasteiger partial charge in [0.05, 0.1) is 0 Å². The highest BCUT2D eigenvalue weighted by Gasteiger charge is 2.30. The quantitative estimate of drug-likeness (QED) is 0.0409. The third-order valence-corrected chi connectivity index (χ3v) is 6.06. The Bertz CT molecular complexity index is 1100. The number of nitrogens with two attached hydrogens (primary N) is 1. The molecule has 224 valence electrons. The third kappa shape index (κ3) is 15.0. The van der Waals surface area contributed by atoms with Crippen LogP contribution >= 0.6 is 7.75 Å². The fourth-order valence-electron chi connectivity index (χ4n) is 3.14. The van der Waals surface area contributed by atoms with Gasteiger partial charge in [-0.05, 0) is 36.8 Å². The summed E-state index contributed by atoms with van der Waals surface area (Å²) in [5.74, 6) is -2.54. The molecule has 2 aromatic rings. The van der Waals surface area contributed by atoms with Gasteiger partial charge >= 0.3 is 25.7 Å². The Morgan fingerprint density at radius 1 is 0.805 bits per heavy atom. The zero-order chi connectivity index (χ0) is 29.9. The summed E-state index contributed by atoms with van der Waals surface area (Å²) in [5, 5.41) is 0.682. The average Bonchev–Trinajstić information content (AvgIpc) is 2.94. The van der Waals surface area contributed by atoms with E-state index in [0.29, 0.717) is 30.7 Å². The van der Waals surface area contributed by atoms with Gasteiger partial charge in [0.25, 0.3) is 0 Å². The van der Waals surface area contributed by atoms with Gasteiger partial charge in [0.15, 0.2) is 0 Å². The first-order valence-corrected chi connectivity index (χ1v) is 14.1. The molecule has 0 radical (unpaired) electrons. The maximum absolute atomic E-state index is 13.0. The minimum absolute atomic E-state index is 0.102. The highest BCUT2D eigenvalue weighted by molar-refractivity contribution is 7.52. The van der Waals surface area contributed by atoms with E-state index in [1.165, 1.54) is 7.05 Å². The van der Waals surface area contributed by atoms with Crippen LogP contribution in [0.3, 0.4) is 0 Å². The van der Waals surface area contributed by atoms with Gasteiger partial charge in [-0.15, -0.1) is 14.1 Å². The van der Waals surface area contributed by atoms with E-state index in [1.807, 2.05) is 60.7 Å². The SMILES string of the molecule is CC(=O)ON(C)/C(N)=N/P(=O)(OOCOC(=O)CCCc1ccccc1)OOCOC(=O)CCCc1ccccc1. The molecule has 0 heterocycles. The molecule has 0 bridgehead atoms. The van der Waals surface area contributed by atoms with Crippen LogP contribution in [0.15, 0.2) is 65.4 Å². The van der Waals surface area contributed by atoms with Crippen LogP contribution < -0.4 is 5.73 Å². The number of esters is 2. The molecular weight excluding hydrogens is 561 g/mol. The first kappa shape index (κ1) is 33.4. The van der Waals surface area contributed by atoms with E-state index in [2.05, 4.69) is 23.9 Å². The minimum Gasteiger partial charge on any atom is -0.435 e. The van der Waals surface area contributed by atoms with Gasteiger partial charge in [0, 0.05) is 26.8 Å². The molecule has 2 N–H and O–H groups in total. The van der Waals surface area contributed by atoms with Crippen LogP contribution in [-0.2, 0) is 65.2 Å². The van der Waals surface area contributed by atoms with Crippen molar-refractivity contribution in [2.45, 2.75) is 45.4 Å². The summed E-state index contributed by atoms with van der Waals surface area (Å²) < 4.78 is 35.5. The second-order valence-corrected chi connectivity index (χ2v) is 9.77. The van der Waals surface area contributed by atoms with Crippen molar-refractivity contribution >= 4 is 31.6 Å².